The molecular formula is C23H28N2O7S. The lowest BCUT2D eigenvalue weighted by Gasteiger charge is -2.28. The van der Waals surface area contributed by atoms with E-state index in [4.69, 9.17) is 24.5 Å². The molecule has 0 saturated heterocycles. The van der Waals surface area contributed by atoms with E-state index in [1.165, 1.54) is 6.92 Å². The number of anilines is 1. The summed E-state index contributed by atoms with van der Waals surface area (Å²) in [6.45, 7) is 2.55. The lowest BCUT2D eigenvalue weighted by molar-refractivity contribution is -0.152. The van der Waals surface area contributed by atoms with E-state index in [1.54, 1.807) is 23.8 Å². The largest absolute Gasteiger partial charge is 0.503 e. The predicted octanol–water partition coefficient (Wildman–Crippen LogP) is 3.59. The van der Waals surface area contributed by atoms with Crippen LogP contribution in [0.2, 0.25) is 0 Å². The maximum absolute atomic E-state index is 13.6. The highest BCUT2D eigenvalue weighted by Crippen LogP contribution is 2.46. The van der Waals surface area contributed by atoms with Crippen LogP contribution in [0.3, 0.4) is 0 Å². The zero-order valence-electron chi connectivity index (χ0n) is 18.9. The first-order valence-corrected chi connectivity index (χ1v) is 11.0. The van der Waals surface area contributed by atoms with Crippen molar-refractivity contribution in [1.29, 1.82) is 0 Å². The first-order chi connectivity index (χ1) is 15.6. The summed E-state index contributed by atoms with van der Waals surface area (Å²) in [7, 11) is 5.54. The molecular weight excluding hydrogens is 448 g/mol. The number of methoxy groups -OCH3 is 1. The molecule has 33 heavy (non-hydrogen) atoms. The molecule has 3 rings (SSSR count). The van der Waals surface area contributed by atoms with Gasteiger partial charge in [-0.15, -0.1) is 11.8 Å². The molecule has 1 aliphatic rings. The molecule has 0 unspecified atom stereocenters. The lowest BCUT2D eigenvalue weighted by atomic mass is 10.1. The number of carbonyl (C=O) groups is 3. The summed E-state index contributed by atoms with van der Waals surface area (Å²) in [6.07, 6.45) is -2.75. The molecule has 0 radical (unpaired) electrons. The first-order valence-electron chi connectivity index (χ1n) is 10.1. The highest BCUT2D eigenvalue weighted by atomic mass is 32.2. The summed E-state index contributed by atoms with van der Waals surface area (Å²) >= 11 is 1.54. The van der Waals surface area contributed by atoms with Crippen molar-refractivity contribution in [3.63, 3.8) is 0 Å². The fourth-order valence-electron chi connectivity index (χ4n) is 3.24. The van der Waals surface area contributed by atoms with Gasteiger partial charge in [0.2, 0.25) is 0 Å². The van der Waals surface area contributed by atoms with Crippen molar-refractivity contribution in [2.45, 2.75) is 23.2 Å². The van der Waals surface area contributed by atoms with Gasteiger partial charge in [-0.1, -0.05) is 24.3 Å². The Labute approximate surface area is 196 Å². The number of nitrogens with zero attached hydrogens (tertiary/aromatic N) is 2. The van der Waals surface area contributed by atoms with Crippen LogP contribution in [0.15, 0.2) is 53.4 Å². The number of fused-ring (bicyclic) bond motifs is 1. The monoisotopic (exact) mass is 476 g/mol. The van der Waals surface area contributed by atoms with Crippen LogP contribution in [0, 0.1) is 0 Å². The Bertz CT molecular complexity index is 962. The van der Waals surface area contributed by atoms with Crippen molar-refractivity contribution in [3.05, 3.63) is 54.1 Å². The van der Waals surface area contributed by atoms with Crippen molar-refractivity contribution >= 4 is 35.5 Å². The Morgan fingerprint density at radius 1 is 1.09 bits per heavy atom. The molecule has 1 heterocycles. The minimum atomic E-state index is -1.83. The maximum atomic E-state index is 13.6. The smallest absolute Gasteiger partial charge is 0.497 e. The van der Waals surface area contributed by atoms with E-state index in [0.29, 0.717) is 13.1 Å². The number of carbonyl (C=O) groups excluding carboxylic acids is 2. The van der Waals surface area contributed by atoms with Gasteiger partial charge in [0.15, 0.2) is 6.10 Å². The zero-order valence-corrected chi connectivity index (χ0v) is 19.7. The summed E-state index contributed by atoms with van der Waals surface area (Å²) in [4.78, 5) is 38.7. The Morgan fingerprint density at radius 3 is 2.24 bits per heavy atom. The molecule has 0 aliphatic carbocycles. The topological polar surface area (TPSA) is 117 Å². The van der Waals surface area contributed by atoms with E-state index >= 15 is 0 Å². The second-order valence-corrected chi connectivity index (χ2v) is 8.57. The number of thioether (sulfide) groups is 1. The van der Waals surface area contributed by atoms with Crippen LogP contribution in [0.5, 0.6) is 5.75 Å². The fourth-order valence-corrected chi connectivity index (χ4v) is 4.56. The highest BCUT2D eigenvalue weighted by Gasteiger charge is 2.40. The molecule has 9 nitrogen and oxygen atoms in total. The van der Waals surface area contributed by atoms with Gasteiger partial charge < -0.3 is 29.5 Å². The van der Waals surface area contributed by atoms with Crippen LogP contribution < -0.4 is 9.64 Å². The molecule has 10 heteroatoms. The molecule has 0 spiro atoms. The predicted molar refractivity (Wildman–Crippen MR) is 125 cm³/mol. The quantitative estimate of drug-likeness (QED) is 0.603. The van der Waals surface area contributed by atoms with Crippen LogP contribution in [0.25, 0.3) is 0 Å². The van der Waals surface area contributed by atoms with E-state index < -0.39 is 18.2 Å². The van der Waals surface area contributed by atoms with Gasteiger partial charge >= 0.3 is 12.1 Å². The maximum Gasteiger partial charge on any atom is 0.503 e. The number of rotatable bonds is 6. The third-order valence-corrected chi connectivity index (χ3v) is 6.07. The average Bonchev–Trinajstić information content (AvgIpc) is 2.86. The summed E-state index contributed by atoms with van der Waals surface area (Å²) in [5, 5.41) is 13.6. The van der Waals surface area contributed by atoms with Gasteiger partial charge in [-0.05, 0) is 43.9 Å². The number of likely N-dealkylation sites (N-methyl/N-ethyl adjacent to an activating group) is 1. The molecule has 2 atom stereocenters. The van der Waals surface area contributed by atoms with Gasteiger partial charge in [0.25, 0.3) is 5.91 Å². The Kier molecular flexibility index (Phi) is 9.56. The molecule has 0 fully saturated rings. The Morgan fingerprint density at radius 2 is 1.70 bits per heavy atom. The van der Waals surface area contributed by atoms with E-state index in [2.05, 4.69) is 0 Å². The number of para-hydroxylation sites is 1. The van der Waals surface area contributed by atoms with Crippen molar-refractivity contribution in [1.82, 2.24) is 4.90 Å². The van der Waals surface area contributed by atoms with E-state index in [-0.39, 0.29) is 11.2 Å². The second-order valence-electron chi connectivity index (χ2n) is 7.39. The van der Waals surface area contributed by atoms with Gasteiger partial charge in [-0.25, -0.2) is 4.79 Å². The van der Waals surface area contributed by atoms with Gasteiger partial charge in [-0.3, -0.25) is 9.59 Å². The minimum absolute atomic E-state index is 0.208. The summed E-state index contributed by atoms with van der Waals surface area (Å²) in [6, 6.07) is 15.4. The number of ether oxygens (including phenoxy) is 2. The molecule has 0 bridgehead atoms. The zero-order chi connectivity index (χ0) is 24.5. The van der Waals surface area contributed by atoms with Gasteiger partial charge in [-0.2, -0.15) is 0 Å². The fraction of sp³-hybridized carbons (Fsp3) is 0.348. The van der Waals surface area contributed by atoms with Crippen molar-refractivity contribution in [2.75, 3.05) is 39.2 Å². The third-order valence-electron chi connectivity index (χ3n) is 4.70. The average molecular weight is 477 g/mol. The molecule has 0 aromatic heterocycles. The second kappa shape index (κ2) is 12.1. The summed E-state index contributed by atoms with van der Waals surface area (Å²) in [5.41, 5.74) is 1.75. The van der Waals surface area contributed by atoms with Crippen LogP contribution in [-0.2, 0) is 14.3 Å². The van der Waals surface area contributed by atoms with Crippen LogP contribution in [-0.4, -0.2) is 73.5 Å². The SMILES string of the molecule is COc1ccc([C@@H]2Sc3ccccc3N(CCN(C)C)C(=O)[C@@H]2OC(C)=O)cc1.O=C(O)O. The number of hydrogen-bond donors (Lipinski definition) is 2. The molecule has 2 N–H and O–H groups in total. The normalized spacial score (nSPS) is 17.4. The molecule has 0 saturated carbocycles. The highest BCUT2D eigenvalue weighted by molar-refractivity contribution is 7.99. The van der Waals surface area contributed by atoms with Gasteiger partial charge in [0.1, 0.15) is 5.75 Å². The van der Waals surface area contributed by atoms with Crippen molar-refractivity contribution in [2.24, 2.45) is 0 Å². The molecule has 1 aliphatic heterocycles. The van der Waals surface area contributed by atoms with Crippen LogP contribution in [0.1, 0.15) is 17.7 Å². The number of hydrogen-bond acceptors (Lipinski definition) is 7. The van der Waals surface area contributed by atoms with Crippen molar-refractivity contribution < 1.29 is 34.1 Å². The number of esters is 1. The number of amides is 1. The molecule has 2 aromatic rings. The minimum Gasteiger partial charge on any atom is -0.497 e. The molecule has 1 amide bonds. The summed E-state index contributed by atoms with van der Waals surface area (Å²) in [5.74, 6) is 0.0528. The van der Waals surface area contributed by atoms with Crippen molar-refractivity contribution in [3.8, 4) is 5.75 Å². The molecule has 2 aromatic carbocycles. The Balaban J connectivity index is 0.000000890. The molecule has 178 valence electrons. The number of carboxylic acid groups (broad SMARTS) is 2. The third kappa shape index (κ3) is 7.40. The van der Waals surface area contributed by atoms with E-state index in [1.807, 2.05) is 67.5 Å². The van der Waals surface area contributed by atoms with E-state index in [0.717, 1.165) is 21.9 Å². The van der Waals surface area contributed by atoms with Gasteiger partial charge in [0, 0.05) is 24.9 Å². The van der Waals surface area contributed by atoms with Crippen LogP contribution >= 0.6 is 11.8 Å². The summed E-state index contributed by atoms with van der Waals surface area (Å²) < 4.78 is 10.8. The Hall–Kier alpha value is -3.24. The number of benzene rings is 2. The van der Waals surface area contributed by atoms with Crippen LogP contribution in [0.4, 0.5) is 10.5 Å². The van der Waals surface area contributed by atoms with E-state index in [9.17, 15) is 9.59 Å². The standard InChI is InChI=1S/C22H26N2O4S.CH2O3/c1-15(25)28-20-21(16-9-11-17(27-4)12-10-16)29-19-8-6-5-7-18(19)24(22(20)26)14-13-23(2)3;2-1(3)4/h5-12,20-21H,13-14H2,1-4H3;(H2,2,3,4)/t20-,21+;/m1./s1. The first kappa shape index (κ1) is 26.0. The lowest BCUT2D eigenvalue weighted by Crippen LogP contribution is -2.45. The van der Waals surface area contributed by atoms with Gasteiger partial charge in [0.05, 0.1) is 18.0 Å².